The summed E-state index contributed by atoms with van der Waals surface area (Å²) in [7, 11) is 1.74. The Morgan fingerprint density at radius 3 is 2.95 bits per heavy atom. The smallest absolute Gasteiger partial charge is 0.122 e. The van der Waals surface area contributed by atoms with Crippen LogP contribution in [0.1, 0.15) is 25.8 Å². The largest absolute Gasteiger partial charge is 0.496 e. The van der Waals surface area contributed by atoms with Gasteiger partial charge >= 0.3 is 0 Å². The van der Waals surface area contributed by atoms with Crippen LogP contribution in [0, 0.1) is 5.92 Å². The fraction of sp³-hybridized carbons (Fsp3) is 0.625. The number of para-hydroxylation sites is 1. The molecule has 1 aromatic carbocycles. The van der Waals surface area contributed by atoms with Crippen molar-refractivity contribution in [3.05, 3.63) is 29.8 Å². The third-order valence-corrected chi connectivity index (χ3v) is 4.00. The van der Waals surface area contributed by atoms with Gasteiger partial charge in [0.05, 0.1) is 7.11 Å². The normalized spacial score (nSPS) is 25.0. The second kappa shape index (κ2) is 6.92. The van der Waals surface area contributed by atoms with Crippen molar-refractivity contribution >= 4 is 0 Å². The number of ether oxygens (including phenoxy) is 1. The van der Waals surface area contributed by atoms with Gasteiger partial charge in [0.25, 0.3) is 0 Å². The minimum atomic E-state index is 0.474. The molecule has 0 bridgehead atoms. The second-order valence-electron chi connectivity index (χ2n) is 5.66. The van der Waals surface area contributed by atoms with Crippen LogP contribution in [0.4, 0.5) is 0 Å². The van der Waals surface area contributed by atoms with Crippen molar-refractivity contribution in [1.82, 2.24) is 10.6 Å². The van der Waals surface area contributed by atoms with E-state index >= 15 is 0 Å². The van der Waals surface area contributed by atoms with Gasteiger partial charge in [0, 0.05) is 12.1 Å². The molecule has 1 fully saturated rings. The van der Waals surface area contributed by atoms with E-state index in [1.54, 1.807) is 7.11 Å². The zero-order chi connectivity index (χ0) is 13.7. The summed E-state index contributed by atoms with van der Waals surface area (Å²) in [4.78, 5) is 0. The first-order chi connectivity index (χ1) is 9.20. The van der Waals surface area contributed by atoms with Crippen LogP contribution >= 0.6 is 0 Å². The highest BCUT2D eigenvalue weighted by Gasteiger charge is 2.22. The number of methoxy groups -OCH3 is 1. The van der Waals surface area contributed by atoms with E-state index in [1.165, 1.54) is 12.0 Å². The van der Waals surface area contributed by atoms with Crippen LogP contribution < -0.4 is 15.4 Å². The number of piperidine rings is 1. The number of hydrogen-bond donors (Lipinski definition) is 2. The quantitative estimate of drug-likeness (QED) is 0.853. The Morgan fingerprint density at radius 1 is 1.42 bits per heavy atom. The highest BCUT2D eigenvalue weighted by atomic mass is 16.5. The molecule has 2 rings (SSSR count). The van der Waals surface area contributed by atoms with E-state index in [1.807, 2.05) is 12.1 Å². The fourth-order valence-corrected chi connectivity index (χ4v) is 2.89. The standard InChI is InChI=1S/C16H26N2O/c1-12-11-17-9-8-15(12)18-13(2)10-14-6-4-5-7-16(14)19-3/h4-7,12-13,15,17-18H,8-11H2,1-3H3. The van der Waals surface area contributed by atoms with Gasteiger partial charge in [-0.1, -0.05) is 25.1 Å². The maximum absolute atomic E-state index is 5.42. The number of benzene rings is 1. The lowest BCUT2D eigenvalue weighted by Crippen LogP contribution is -2.49. The molecule has 19 heavy (non-hydrogen) atoms. The number of nitrogens with one attached hydrogen (secondary N) is 2. The predicted octanol–water partition coefficient (Wildman–Crippen LogP) is 2.21. The average molecular weight is 262 g/mol. The minimum absolute atomic E-state index is 0.474. The summed E-state index contributed by atoms with van der Waals surface area (Å²) in [5, 5.41) is 7.22. The Balaban J connectivity index is 1.91. The monoisotopic (exact) mass is 262 g/mol. The molecule has 0 aromatic heterocycles. The summed E-state index contributed by atoms with van der Waals surface area (Å²) in [5.41, 5.74) is 1.28. The first-order valence-electron chi connectivity index (χ1n) is 7.29. The van der Waals surface area contributed by atoms with E-state index in [4.69, 9.17) is 4.74 Å². The van der Waals surface area contributed by atoms with Gasteiger partial charge in [0.15, 0.2) is 0 Å². The van der Waals surface area contributed by atoms with Crippen LogP contribution in [-0.4, -0.2) is 32.3 Å². The van der Waals surface area contributed by atoms with Crippen molar-refractivity contribution < 1.29 is 4.74 Å². The SMILES string of the molecule is COc1ccccc1CC(C)NC1CCNCC1C. The molecule has 0 radical (unpaired) electrons. The molecule has 106 valence electrons. The van der Waals surface area contributed by atoms with Gasteiger partial charge < -0.3 is 15.4 Å². The molecule has 3 atom stereocenters. The molecule has 1 heterocycles. The van der Waals surface area contributed by atoms with Gasteiger partial charge in [-0.25, -0.2) is 0 Å². The Bertz CT molecular complexity index is 394. The summed E-state index contributed by atoms with van der Waals surface area (Å²) in [6.45, 7) is 6.84. The Labute approximate surface area is 116 Å². The topological polar surface area (TPSA) is 33.3 Å². The van der Waals surface area contributed by atoms with E-state index in [-0.39, 0.29) is 0 Å². The third-order valence-electron chi connectivity index (χ3n) is 4.00. The fourth-order valence-electron chi connectivity index (χ4n) is 2.89. The van der Waals surface area contributed by atoms with Crippen molar-refractivity contribution in [3.8, 4) is 5.75 Å². The third kappa shape index (κ3) is 3.95. The van der Waals surface area contributed by atoms with Crippen LogP contribution in [-0.2, 0) is 6.42 Å². The highest BCUT2D eigenvalue weighted by Crippen LogP contribution is 2.20. The van der Waals surface area contributed by atoms with E-state index in [2.05, 4.69) is 36.6 Å². The molecule has 1 saturated heterocycles. The van der Waals surface area contributed by atoms with Crippen LogP contribution in [0.3, 0.4) is 0 Å². The van der Waals surface area contributed by atoms with Gasteiger partial charge in [-0.15, -0.1) is 0 Å². The maximum atomic E-state index is 5.42. The van der Waals surface area contributed by atoms with Crippen molar-refractivity contribution in [3.63, 3.8) is 0 Å². The van der Waals surface area contributed by atoms with Crippen molar-refractivity contribution in [2.45, 2.75) is 38.8 Å². The van der Waals surface area contributed by atoms with Gasteiger partial charge in [-0.2, -0.15) is 0 Å². The minimum Gasteiger partial charge on any atom is -0.496 e. The number of hydrogen-bond acceptors (Lipinski definition) is 3. The van der Waals surface area contributed by atoms with Crippen LogP contribution in [0.15, 0.2) is 24.3 Å². The molecule has 3 heteroatoms. The molecular weight excluding hydrogens is 236 g/mol. The molecule has 0 saturated carbocycles. The Morgan fingerprint density at radius 2 is 2.21 bits per heavy atom. The van der Waals surface area contributed by atoms with Crippen molar-refractivity contribution in [1.29, 1.82) is 0 Å². The summed E-state index contributed by atoms with van der Waals surface area (Å²) < 4.78 is 5.42. The first kappa shape index (κ1) is 14.4. The molecule has 3 unspecified atom stereocenters. The maximum Gasteiger partial charge on any atom is 0.122 e. The molecule has 1 aliphatic rings. The second-order valence-corrected chi connectivity index (χ2v) is 5.66. The molecule has 1 aliphatic heterocycles. The summed E-state index contributed by atoms with van der Waals surface area (Å²) in [6.07, 6.45) is 2.23. The van der Waals surface area contributed by atoms with E-state index in [0.717, 1.165) is 25.3 Å². The Kier molecular flexibility index (Phi) is 5.23. The first-order valence-corrected chi connectivity index (χ1v) is 7.29. The molecule has 0 aliphatic carbocycles. The summed E-state index contributed by atoms with van der Waals surface area (Å²) in [5.74, 6) is 1.70. The highest BCUT2D eigenvalue weighted by molar-refractivity contribution is 5.33. The summed E-state index contributed by atoms with van der Waals surface area (Å²) in [6, 6.07) is 9.40. The molecular formula is C16H26N2O. The molecule has 0 spiro atoms. The molecule has 1 aromatic rings. The van der Waals surface area contributed by atoms with E-state index in [0.29, 0.717) is 18.0 Å². The van der Waals surface area contributed by atoms with Gasteiger partial charge in [0.1, 0.15) is 5.75 Å². The van der Waals surface area contributed by atoms with Gasteiger partial charge in [-0.05, 0) is 50.4 Å². The average Bonchev–Trinajstić information content (AvgIpc) is 2.42. The van der Waals surface area contributed by atoms with Crippen LogP contribution in [0.2, 0.25) is 0 Å². The van der Waals surface area contributed by atoms with Crippen molar-refractivity contribution in [2.24, 2.45) is 5.92 Å². The van der Waals surface area contributed by atoms with Crippen LogP contribution in [0.5, 0.6) is 5.75 Å². The van der Waals surface area contributed by atoms with Crippen LogP contribution in [0.25, 0.3) is 0 Å². The predicted molar refractivity (Wildman–Crippen MR) is 79.7 cm³/mol. The lowest BCUT2D eigenvalue weighted by Gasteiger charge is -2.33. The zero-order valence-electron chi connectivity index (χ0n) is 12.3. The van der Waals surface area contributed by atoms with Gasteiger partial charge in [0.2, 0.25) is 0 Å². The van der Waals surface area contributed by atoms with Crippen molar-refractivity contribution in [2.75, 3.05) is 20.2 Å². The van der Waals surface area contributed by atoms with E-state index < -0.39 is 0 Å². The number of rotatable bonds is 5. The lowest BCUT2D eigenvalue weighted by atomic mass is 9.94. The molecule has 2 N–H and O–H groups in total. The lowest BCUT2D eigenvalue weighted by molar-refractivity contribution is 0.275. The van der Waals surface area contributed by atoms with Gasteiger partial charge in [-0.3, -0.25) is 0 Å². The zero-order valence-corrected chi connectivity index (χ0v) is 12.3. The molecule has 0 amide bonds. The molecule has 3 nitrogen and oxygen atoms in total. The summed E-state index contributed by atoms with van der Waals surface area (Å²) >= 11 is 0. The van der Waals surface area contributed by atoms with E-state index in [9.17, 15) is 0 Å². The Hall–Kier alpha value is -1.06.